The van der Waals surface area contributed by atoms with Gasteiger partial charge in [0.05, 0.1) is 18.7 Å². The molecule has 1 aromatic carbocycles. The Balaban J connectivity index is 2.10. The van der Waals surface area contributed by atoms with Crippen LogP contribution in [0.4, 0.5) is 0 Å². The first kappa shape index (κ1) is 16.0. The van der Waals surface area contributed by atoms with Crippen molar-refractivity contribution >= 4 is 40.8 Å². The Morgan fingerprint density at radius 2 is 2.29 bits per heavy atom. The Bertz CT molecular complexity index is 695. The molecule has 0 aliphatic carbocycles. The average molecular weight is 328 g/mol. The smallest absolute Gasteiger partial charge is 0.270 e. The molecule has 1 heterocycles. The third-order valence-corrected chi connectivity index (χ3v) is 3.54. The number of halogens is 1. The number of amides is 1. The molecule has 21 heavy (non-hydrogen) atoms. The first-order chi connectivity index (χ1) is 10.0. The lowest BCUT2D eigenvalue weighted by molar-refractivity contribution is -0.122. The van der Waals surface area contributed by atoms with Gasteiger partial charge in [0.25, 0.3) is 4.84 Å². The predicted molar refractivity (Wildman–Crippen MR) is 86.0 cm³/mol. The van der Waals surface area contributed by atoms with E-state index >= 15 is 0 Å². The number of oxazole rings is 1. The molecule has 2 rings (SSSR count). The van der Waals surface area contributed by atoms with Gasteiger partial charge < -0.3 is 9.73 Å². The van der Waals surface area contributed by atoms with Crippen molar-refractivity contribution in [2.75, 3.05) is 20.1 Å². The van der Waals surface area contributed by atoms with Crippen LogP contribution in [0.25, 0.3) is 11.1 Å². The van der Waals surface area contributed by atoms with Gasteiger partial charge in [0, 0.05) is 17.6 Å². The molecule has 0 unspecified atom stereocenters. The number of carbonyl (C=O) groups excluding carboxylic acids is 1. The maximum absolute atomic E-state index is 11.7. The number of nitrogens with one attached hydrogen (secondary N) is 1. The van der Waals surface area contributed by atoms with Crippen LogP contribution in [0, 0.1) is 4.84 Å². The van der Waals surface area contributed by atoms with Crippen molar-refractivity contribution in [2.45, 2.75) is 20.0 Å². The lowest BCUT2D eigenvalue weighted by Crippen LogP contribution is -2.36. The van der Waals surface area contributed by atoms with Crippen LogP contribution in [-0.2, 0) is 11.5 Å². The van der Waals surface area contributed by atoms with E-state index in [4.69, 9.17) is 28.2 Å². The summed E-state index contributed by atoms with van der Waals surface area (Å²) in [6.45, 7) is 3.50. The molecule has 1 aromatic heterocycles. The molecule has 0 aliphatic heterocycles. The Labute approximate surface area is 133 Å². The summed E-state index contributed by atoms with van der Waals surface area (Å²) >= 11 is 11.2. The summed E-state index contributed by atoms with van der Waals surface area (Å²) in [7, 11) is 1.86. The molecular weight excluding hydrogens is 310 g/mol. The highest BCUT2D eigenvalue weighted by atomic mass is 35.5. The van der Waals surface area contributed by atoms with Gasteiger partial charge in [-0.25, -0.2) is 0 Å². The number of fused-ring (bicyclic) bond motifs is 1. The van der Waals surface area contributed by atoms with Gasteiger partial charge in [0.2, 0.25) is 5.91 Å². The Morgan fingerprint density at radius 3 is 3.00 bits per heavy atom. The van der Waals surface area contributed by atoms with Gasteiger partial charge in [-0.1, -0.05) is 18.5 Å². The Hall–Kier alpha value is -1.37. The zero-order valence-corrected chi connectivity index (χ0v) is 13.6. The number of rotatable bonds is 6. The standard InChI is InChI=1S/C14H18ClN3O2S/c1-3-6-16-13(19)8-17(2)9-18-11-5-4-10(15)7-12(11)20-14(18)21/h4-5,7H,3,6,8-9H2,1-2H3,(H,16,19). The van der Waals surface area contributed by atoms with E-state index in [1.54, 1.807) is 12.1 Å². The number of aromatic nitrogens is 1. The second-order valence-corrected chi connectivity index (χ2v) is 5.70. The third-order valence-electron chi connectivity index (χ3n) is 3.00. The zero-order valence-electron chi connectivity index (χ0n) is 12.1. The second kappa shape index (κ2) is 7.06. The summed E-state index contributed by atoms with van der Waals surface area (Å²) < 4.78 is 7.36. The maximum Gasteiger partial charge on any atom is 0.270 e. The lowest BCUT2D eigenvalue weighted by Gasteiger charge is -2.16. The van der Waals surface area contributed by atoms with E-state index in [2.05, 4.69) is 5.32 Å². The van der Waals surface area contributed by atoms with E-state index < -0.39 is 0 Å². The van der Waals surface area contributed by atoms with Crippen molar-refractivity contribution in [2.24, 2.45) is 0 Å². The fraction of sp³-hybridized carbons (Fsp3) is 0.429. The van der Waals surface area contributed by atoms with Gasteiger partial charge in [-0.2, -0.15) is 0 Å². The summed E-state index contributed by atoms with van der Waals surface area (Å²) in [5.41, 5.74) is 1.52. The van der Waals surface area contributed by atoms with Crippen LogP contribution in [0.3, 0.4) is 0 Å². The number of benzene rings is 1. The normalized spacial score (nSPS) is 11.2. The number of carbonyl (C=O) groups is 1. The molecular formula is C14H18ClN3O2S. The zero-order chi connectivity index (χ0) is 15.4. The van der Waals surface area contributed by atoms with E-state index in [0.717, 1.165) is 11.9 Å². The fourth-order valence-corrected chi connectivity index (χ4v) is 2.44. The van der Waals surface area contributed by atoms with Gasteiger partial charge >= 0.3 is 0 Å². The number of hydrogen-bond donors (Lipinski definition) is 1. The van der Waals surface area contributed by atoms with Crippen molar-refractivity contribution in [1.82, 2.24) is 14.8 Å². The van der Waals surface area contributed by atoms with Crippen LogP contribution in [0.2, 0.25) is 5.02 Å². The molecule has 0 saturated heterocycles. The maximum atomic E-state index is 11.7. The fourth-order valence-electron chi connectivity index (χ4n) is 2.03. The topological polar surface area (TPSA) is 50.4 Å². The van der Waals surface area contributed by atoms with Gasteiger partial charge in [-0.3, -0.25) is 14.3 Å². The van der Waals surface area contributed by atoms with Gasteiger partial charge in [0.1, 0.15) is 0 Å². The van der Waals surface area contributed by atoms with Crippen LogP contribution in [-0.4, -0.2) is 35.5 Å². The van der Waals surface area contributed by atoms with E-state index in [1.807, 2.05) is 29.5 Å². The van der Waals surface area contributed by atoms with Crippen LogP contribution >= 0.6 is 23.8 Å². The summed E-state index contributed by atoms with van der Waals surface area (Å²) in [6, 6.07) is 5.39. The molecule has 2 aromatic rings. The highest BCUT2D eigenvalue weighted by molar-refractivity contribution is 7.71. The van der Waals surface area contributed by atoms with E-state index in [0.29, 0.717) is 35.2 Å². The molecule has 0 saturated carbocycles. The van der Waals surface area contributed by atoms with Crippen LogP contribution in [0.15, 0.2) is 22.6 Å². The van der Waals surface area contributed by atoms with E-state index in [-0.39, 0.29) is 5.91 Å². The molecule has 1 N–H and O–H groups in total. The van der Waals surface area contributed by atoms with Gasteiger partial charge in [-0.15, -0.1) is 0 Å². The SMILES string of the molecule is CCCNC(=O)CN(C)Cn1c(=S)oc2cc(Cl)ccc21. The molecule has 5 nitrogen and oxygen atoms in total. The van der Waals surface area contributed by atoms with Crippen LogP contribution in [0.5, 0.6) is 0 Å². The monoisotopic (exact) mass is 327 g/mol. The molecule has 0 bridgehead atoms. The van der Waals surface area contributed by atoms with Crippen molar-refractivity contribution in [3.63, 3.8) is 0 Å². The van der Waals surface area contributed by atoms with E-state index in [9.17, 15) is 4.79 Å². The van der Waals surface area contributed by atoms with Crippen molar-refractivity contribution in [3.8, 4) is 0 Å². The van der Waals surface area contributed by atoms with Crippen LogP contribution < -0.4 is 5.32 Å². The lowest BCUT2D eigenvalue weighted by atomic mass is 10.3. The minimum absolute atomic E-state index is 0.00159. The summed E-state index contributed by atoms with van der Waals surface area (Å²) in [6.07, 6.45) is 0.924. The Morgan fingerprint density at radius 1 is 1.52 bits per heavy atom. The molecule has 114 valence electrons. The molecule has 0 atom stereocenters. The average Bonchev–Trinajstić information content (AvgIpc) is 2.71. The Kier molecular flexibility index (Phi) is 5.39. The first-order valence-electron chi connectivity index (χ1n) is 6.75. The summed E-state index contributed by atoms with van der Waals surface area (Å²) in [5.74, 6) is 0.00159. The highest BCUT2D eigenvalue weighted by Gasteiger charge is 2.11. The summed E-state index contributed by atoms with van der Waals surface area (Å²) in [4.78, 5) is 14.0. The molecule has 0 radical (unpaired) electrons. The largest absolute Gasteiger partial charge is 0.429 e. The number of hydrogen-bond acceptors (Lipinski definition) is 4. The van der Waals surface area contributed by atoms with Gasteiger partial charge in [-0.05, 0) is 37.8 Å². The quantitative estimate of drug-likeness (QED) is 0.829. The van der Waals surface area contributed by atoms with Crippen molar-refractivity contribution < 1.29 is 9.21 Å². The van der Waals surface area contributed by atoms with Crippen molar-refractivity contribution in [3.05, 3.63) is 28.1 Å². The minimum Gasteiger partial charge on any atom is -0.429 e. The molecule has 1 amide bonds. The molecule has 7 heteroatoms. The number of likely N-dealkylation sites (N-methyl/N-ethyl adjacent to an activating group) is 1. The molecule has 0 fully saturated rings. The predicted octanol–water partition coefficient (Wildman–Crippen LogP) is 3.03. The first-order valence-corrected chi connectivity index (χ1v) is 7.54. The summed E-state index contributed by atoms with van der Waals surface area (Å²) in [5, 5.41) is 3.45. The highest BCUT2D eigenvalue weighted by Crippen LogP contribution is 2.21. The third kappa shape index (κ3) is 4.06. The van der Waals surface area contributed by atoms with Gasteiger partial charge in [0.15, 0.2) is 5.58 Å². The molecule has 0 aliphatic rings. The second-order valence-electron chi connectivity index (χ2n) is 4.91. The van der Waals surface area contributed by atoms with E-state index in [1.165, 1.54) is 0 Å². The van der Waals surface area contributed by atoms with Crippen molar-refractivity contribution in [1.29, 1.82) is 0 Å². The number of nitrogens with zero attached hydrogens (tertiary/aromatic N) is 2. The minimum atomic E-state index is 0.00159. The van der Waals surface area contributed by atoms with Crippen LogP contribution in [0.1, 0.15) is 13.3 Å². The molecule has 0 spiro atoms.